The molecule has 0 aromatic heterocycles. The molecule has 0 fully saturated rings. The molecule has 0 atom stereocenters. The Morgan fingerprint density at radius 1 is 1.37 bits per heavy atom. The molecular weight excluding hydrogens is 282 g/mol. The molecule has 19 heavy (non-hydrogen) atoms. The van der Waals surface area contributed by atoms with Crippen LogP contribution in [-0.2, 0) is 0 Å². The Morgan fingerprint density at radius 2 is 2.05 bits per heavy atom. The van der Waals surface area contributed by atoms with Gasteiger partial charge in [-0.25, -0.2) is 10.0 Å². The van der Waals surface area contributed by atoms with Gasteiger partial charge in [0.05, 0.1) is 16.8 Å². The zero-order chi connectivity index (χ0) is 14.2. The van der Waals surface area contributed by atoms with Crippen molar-refractivity contribution in [2.45, 2.75) is 26.3 Å². The van der Waals surface area contributed by atoms with E-state index in [1.165, 1.54) is 11.8 Å². The Hall–Kier alpha value is -1.20. The summed E-state index contributed by atoms with van der Waals surface area (Å²) >= 11 is 7.44. The van der Waals surface area contributed by atoms with Crippen molar-refractivity contribution in [2.75, 3.05) is 6.26 Å². The van der Waals surface area contributed by atoms with E-state index in [-0.39, 0.29) is 11.4 Å². The number of carbonyl (C=O) groups excluding carboxylic acids is 1. The van der Waals surface area contributed by atoms with Crippen molar-refractivity contribution in [1.29, 1.82) is 0 Å². The lowest BCUT2D eigenvalue weighted by Gasteiger charge is -2.35. The van der Waals surface area contributed by atoms with Crippen LogP contribution in [0.25, 0.3) is 0 Å². The van der Waals surface area contributed by atoms with E-state index in [2.05, 4.69) is 10.4 Å². The molecule has 1 N–H and O–H groups in total. The number of hydrogen-bond acceptors (Lipinski definition) is 4. The zero-order valence-electron chi connectivity index (χ0n) is 11.3. The first-order valence-electron chi connectivity index (χ1n) is 5.86. The average molecular weight is 298 g/mol. The molecule has 0 radical (unpaired) electrons. The highest BCUT2D eigenvalue weighted by atomic mass is 35.5. The van der Waals surface area contributed by atoms with Gasteiger partial charge >= 0.3 is 0 Å². The lowest BCUT2D eigenvalue weighted by atomic mass is 10.1. The summed E-state index contributed by atoms with van der Waals surface area (Å²) in [5.74, 6) is -0.127. The molecule has 0 spiro atoms. The van der Waals surface area contributed by atoms with Crippen molar-refractivity contribution < 1.29 is 4.79 Å². The van der Waals surface area contributed by atoms with Gasteiger partial charge in [-0.1, -0.05) is 23.4 Å². The fourth-order valence-electron chi connectivity index (χ4n) is 1.74. The average Bonchev–Trinajstić information content (AvgIpc) is 2.46. The minimum absolute atomic E-state index is 0.127. The summed E-state index contributed by atoms with van der Waals surface area (Å²) in [6.45, 7) is 5.89. The maximum Gasteiger partial charge on any atom is 0.275 e. The number of fused-ring (bicyclic) bond motifs is 1. The smallest absolute Gasteiger partial charge is 0.273 e. The molecule has 1 aromatic rings. The van der Waals surface area contributed by atoms with E-state index >= 15 is 0 Å². The van der Waals surface area contributed by atoms with Gasteiger partial charge in [-0.05, 0) is 45.2 Å². The Kier molecular flexibility index (Phi) is 3.78. The Morgan fingerprint density at radius 3 is 2.63 bits per heavy atom. The largest absolute Gasteiger partial charge is 0.275 e. The van der Waals surface area contributed by atoms with Gasteiger partial charge in [0.2, 0.25) is 0 Å². The first-order valence-corrected chi connectivity index (χ1v) is 7.46. The molecule has 0 bridgehead atoms. The summed E-state index contributed by atoms with van der Waals surface area (Å²) < 4.78 is 0. The molecule has 0 unspecified atom stereocenters. The van der Waals surface area contributed by atoms with Crippen molar-refractivity contribution in [1.82, 2.24) is 10.4 Å². The molecule has 1 aliphatic rings. The van der Waals surface area contributed by atoms with Crippen molar-refractivity contribution in [3.8, 4) is 0 Å². The standard InChI is InChI=1S/C13H16ClN3OS/c1-13(2,3)17-11(18)9-7-8(14)5-6-10(9)15-12(16-17)19-4/h5-7H,1-4H3,(H,15,16). The predicted molar refractivity (Wildman–Crippen MR) is 81.1 cm³/mol. The number of nitrogens with one attached hydrogen (secondary N) is 1. The number of amides is 1. The van der Waals surface area contributed by atoms with Crippen LogP contribution < -0.4 is 5.43 Å². The van der Waals surface area contributed by atoms with Gasteiger partial charge < -0.3 is 0 Å². The number of halogens is 1. The molecule has 1 amide bonds. The van der Waals surface area contributed by atoms with Crippen LogP contribution in [0.2, 0.25) is 5.02 Å². The topological polar surface area (TPSA) is 44.7 Å². The van der Waals surface area contributed by atoms with Crippen LogP contribution in [0, 0.1) is 0 Å². The quantitative estimate of drug-likeness (QED) is 0.798. The van der Waals surface area contributed by atoms with E-state index in [4.69, 9.17) is 11.6 Å². The molecule has 6 heteroatoms. The van der Waals surface area contributed by atoms with E-state index in [1.807, 2.05) is 27.0 Å². The number of rotatable bonds is 0. The van der Waals surface area contributed by atoms with Crippen LogP contribution in [0.3, 0.4) is 0 Å². The third-order valence-electron chi connectivity index (χ3n) is 2.69. The van der Waals surface area contributed by atoms with Crippen molar-refractivity contribution in [2.24, 2.45) is 4.99 Å². The minimum Gasteiger partial charge on any atom is -0.273 e. The van der Waals surface area contributed by atoms with Crippen molar-refractivity contribution in [3.05, 3.63) is 28.8 Å². The zero-order valence-corrected chi connectivity index (χ0v) is 12.9. The van der Waals surface area contributed by atoms with E-state index in [0.717, 1.165) is 0 Å². The highest BCUT2D eigenvalue weighted by molar-refractivity contribution is 8.13. The van der Waals surface area contributed by atoms with Crippen LogP contribution in [0.15, 0.2) is 23.2 Å². The lowest BCUT2D eigenvalue weighted by Crippen LogP contribution is -2.54. The third kappa shape index (κ3) is 2.87. The Labute approximate surface area is 122 Å². The van der Waals surface area contributed by atoms with E-state index < -0.39 is 0 Å². The number of carbonyl (C=O) groups is 1. The monoisotopic (exact) mass is 297 g/mol. The fourth-order valence-corrected chi connectivity index (χ4v) is 2.29. The number of benzene rings is 1. The molecule has 1 aliphatic heterocycles. The summed E-state index contributed by atoms with van der Waals surface area (Å²) in [6.07, 6.45) is 1.91. The molecule has 4 nitrogen and oxygen atoms in total. The van der Waals surface area contributed by atoms with Crippen LogP contribution in [0.4, 0.5) is 5.69 Å². The van der Waals surface area contributed by atoms with Gasteiger partial charge in [0, 0.05) is 5.02 Å². The minimum atomic E-state index is -0.364. The van der Waals surface area contributed by atoms with Gasteiger partial charge in [0.15, 0.2) is 5.17 Å². The number of thioether (sulfide) groups is 1. The first-order chi connectivity index (χ1) is 8.82. The van der Waals surface area contributed by atoms with E-state index in [0.29, 0.717) is 21.4 Å². The fraction of sp³-hybridized carbons (Fsp3) is 0.385. The second kappa shape index (κ2) is 5.06. The van der Waals surface area contributed by atoms with E-state index in [1.54, 1.807) is 23.2 Å². The normalized spacial score (nSPS) is 15.5. The molecule has 102 valence electrons. The number of aliphatic imine (C=N–C) groups is 1. The highest BCUT2D eigenvalue weighted by Crippen LogP contribution is 2.29. The predicted octanol–water partition coefficient (Wildman–Crippen LogP) is 3.45. The molecule has 2 rings (SSSR count). The summed E-state index contributed by atoms with van der Waals surface area (Å²) in [4.78, 5) is 17.1. The Bertz CT molecular complexity index is 551. The molecule has 0 saturated carbocycles. The summed E-state index contributed by atoms with van der Waals surface area (Å²) in [7, 11) is 0. The van der Waals surface area contributed by atoms with Crippen molar-refractivity contribution >= 4 is 40.1 Å². The van der Waals surface area contributed by atoms with E-state index in [9.17, 15) is 4.79 Å². The van der Waals surface area contributed by atoms with Crippen LogP contribution in [0.1, 0.15) is 31.1 Å². The van der Waals surface area contributed by atoms with Crippen LogP contribution >= 0.6 is 23.4 Å². The van der Waals surface area contributed by atoms with Crippen LogP contribution in [0.5, 0.6) is 0 Å². The molecular formula is C13H16ClN3OS. The molecule has 0 aliphatic carbocycles. The number of hydrogen-bond donors (Lipinski definition) is 1. The molecule has 1 aromatic carbocycles. The molecule has 1 heterocycles. The number of amidine groups is 1. The van der Waals surface area contributed by atoms with Gasteiger partial charge in [-0.2, -0.15) is 0 Å². The third-order valence-corrected chi connectivity index (χ3v) is 3.49. The Balaban J connectivity index is 2.58. The summed E-state index contributed by atoms with van der Waals surface area (Å²) in [5, 5.41) is 2.80. The highest BCUT2D eigenvalue weighted by Gasteiger charge is 2.32. The number of nitrogens with zero attached hydrogens (tertiary/aromatic N) is 2. The van der Waals surface area contributed by atoms with Crippen molar-refractivity contribution in [3.63, 3.8) is 0 Å². The molecule has 0 saturated heterocycles. The lowest BCUT2D eigenvalue weighted by molar-refractivity contribution is 0.0505. The summed E-state index contributed by atoms with van der Waals surface area (Å²) in [5.41, 5.74) is 3.86. The van der Waals surface area contributed by atoms with Gasteiger partial charge in [0.25, 0.3) is 5.91 Å². The maximum atomic E-state index is 12.6. The van der Waals surface area contributed by atoms with Gasteiger partial charge in [-0.3, -0.25) is 10.2 Å². The number of hydrazine groups is 1. The maximum absolute atomic E-state index is 12.6. The summed E-state index contributed by atoms with van der Waals surface area (Å²) in [6, 6.07) is 5.16. The van der Waals surface area contributed by atoms with Gasteiger partial charge in [-0.15, -0.1) is 0 Å². The first kappa shape index (κ1) is 14.2. The second-order valence-corrected chi connectivity index (χ2v) is 6.44. The van der Waals surface area contributed by atoms with Gasteiger partial charge in [0.1, 0.15) is 0 Å². The van der Waals surface area contributed by atoms with Crippen LogP contribution in [-0.4, -0.2) is 27.9 Å². The SMILES string of the molecule is CSC1=Nc2ccc(Cl)cc2C(=O)N(C(C)(C)C)N1. The second-order valence-electron chi connectivity index (χ2n) is 5.21.